The van der Waals surface area contributed by atoms with Crippen molar-refractivity contribution in [1.82, 2.24) is 9.80 Å². The smallest absolute Gasteiger partial charge is 0.368 e. The maximum Gasteiger partial charge on any atom is 0.416 e. The minimum absolute atomic E-state index is 0.0174. The third kappa shape index (κ3) is 6.54. The molecular formula is C25H32F3N3O2. The molecule has 0 aliphatic carbocycles. The van der Waals surface area contributed by atoms with E-state index in [1.807, 2.05) is 42.2 Å². The van der Waals surface area contributed by atoms with Crippen LogP contribution in [0.2, 0.25) is 0 Å². The molecule has 1 aromatic rings. The number of carbonyl (C=O) groups is 1. The van der Waals surface area contributed by atoms with Gasteiger partial charge in [-0.2, -0.15) is 13.2 Å². The lowest BCUT2D eigenvalue weighted by Gasteiger charge is -2.49. The molecule has 1 amide bonds. The number of benzene rings is 1. The molecule has 8 heteroatoms. The quantitative estimate of drug-likeness (QED) is 0.447. The van der Waals surface area contributed by atoms with Gasteiger partial charge in [-0.25, -0.2) is 0 Å². The molecule has 0 aromatic heterocycles. The van der Waals surface area contributed by atoms with Gasteiger partial charge >= 0.3 is 6.18 Å². The summed E-state index contributed by atoms with van der Waals surface area (Å²) in [4.78, 5) is 20.9. The number of halogens is 3. The molecule has 1 unspecified atom stereocenters. The van der Waals surface area contributed by atoms with Gasteiger partial charge in [0.05, 0.1) is 23.8 Å². The van der Waals surface area contributed by atoms with Gasteiger partial charge in [0.25, 0.3) is 5.91 Å². The van der Waals surface area contributed by atoms with Crippen LogP contribution in [0, 0.1) is 0 Å². The summed E-state index contributed by atoms with van der Waals surface area (Å²) in [5.41, 5.74) is -0.101. The van der Waals surface area contributed by atoms with Crippen molar-refractivity contribution in [1.29, 1.82) is 0 Å². The Balaban J connectivity index is 1.58. The summed E-state index contributed by atoms with van der Waals surface area (Å²) in [5.74, 6) is 0.0174. The summed E-state index contributed by atoms with van der Waals surface area (Å²) < 4.78 is 45.4. The second kappa shape index (κ2) is 10.7. The molecule has 0 saturated carbocycles. The van der Waals surface area contributed by atoms with Gasteiger partial charge in [0.1, 0.15) is 0 Å². The van der Waals surface area contributed by atoms with Gasteiger partial charge in [0, 0.05) is 43.9 Å². The monoisotopic (exact) mass is 463 g/mol. The van der Waals surface area contributed by atoms with Crippen molar-refractivity contribution in [2.24, 2.45) is 4.99 Å². The van der Waals surface area contributed by atoms with E-state index in [1.165, 1.54) is 6.92 Å². The fraction of sp³-hybridized carbons (Fsp3) is 0.520. The van der Waals surface area contributed by atoms with E-state index in [9.17, 15) is 18.0 Å². The van der Waals surface area contributed by atoms with Crippen LogP contribution >= 0.6 is 0 Å². The number of carbonyl (C=O) groups excluding carboxylic acids is 1. The van der Waals surface area contributed by atoms with E-state index in [2.05, 4.69) is 16.6 Å². The predicted molar refractivity (Wildman–Crippen MR) is 123 cm³/mol. The van der Waals surface area contributed by atoms with Crippen molar-refractivity contribution in [3.05, 3.63) is 59.3 Å². The third-order valence-electron chi connectivity index (χ3n) is 6.33. The summed E-state index contributed by atoms with van der Waals surface area (Å²) in [7, 11) is 0. The Labute approximate surface area is 193 Å². The van der Waals surface area contributed by atoms with E-state index in [0.29, 0.717) is 37.3 Å². The molecule has 1 aromatic carbocycles. The molecule has 180 valence electrons. The van der Waals surface area contributed by atoms with Crippen molar-refractivity contribution < 1.29 is 22.7 Å². The molecule has 1 atom stereocenters. The van der Waals surface area contributed by atoms with Gasteiger partial charge in [-0.15, -0.1) is 0 Å². The number of likely N-dealkylation sites (tertiary alicyclic amines) is 1. The number of ether oxygens (including phenoxy) is 1. The lowest BCUT2D eigenvalue weighted by Crippen LogP contribution is -2.60. The Kier molecular flexibility index (Phi) is 8.13. The van der Waals surface area contributed by atoms with Gasteiger partial charge < -0.3 is 14.5 Å². The Morgan fingerprint density at radius 2 is 1.94 bits per heavy atom. The number of allylic oxidation sites excluding steroid dienone is 3. The molecular weight excluding hydrogens is 431 g/mol. The first-order valence-corrected chi connectivity index (χ1v) is 11.3. The van der Waals surface area contributed by atoms with Gasteiger partial charge in [-0.3, -0.25) is 9.79 Å². The Morgan fingerprint density at radius 1 is 1.27 bits per heavy atom. The van der Waals surface area contributed by atoms with E-state index in [4.69, 9.17) is 4.74 Å². The second-order valence-electron chi connectivity index (χ2n) is 8.79. The molecule has 0 bridgehead atoms. The molecule has 33 heavy (non-hydrogen) atoms. The number of piperidine rings is 1. The fourth-order valence-electron chi connectivity index (χ4n) is 4.58. The van der Waals surface area contributed by atoms with Crippen LogP contribution in [0.1, 0.15) is 43.5 Å². The van der Waals surface area contributed by atoms with E-state index in [0.717, 1.165) is 38.1 Å². The average molecular weight is 464 g/mol. The number of hydrogen-bond donors (Lipinski definition) is 0. The first-order valence-electron chi connectivity index (χ1n) is 11.3. The molecule has 2 heterocycles. The second-order valence-corrected chi connectivity index (χ2v) is 8.79. The summed E-state index contributed by atoms with van der Waals surface area (Å²) in [6, 6.07) is 9.27. The molecule has 5 nitrogen and oxygen atoms in total. The zero-order valence-electron chi connectivity index (χ0n) is 19.3. The minimum atomic E-state index is -4.40. The first-order chi connectivity index (χ1) is 15.7. The van der Waals surface area contributed by atoms with Crippen LogP contribution in [-0.2, 0) is 4.74 Å². The maximum absolute atomic E-state index is 13.0. The number of aliphatic imine (C=N–C) groups is 1. The Hall–Kier alpha value is -2.45. The number of alkyl halides is 3. The lowest BCUT2D eigenvalue weighted by atomic mass is 9.88. The zero-order chi connectivity index (χ0) is 24.1. The highest BCUT2D eigenvalue weighted by molar-refractivity contribution is 5.94. The van der Waals surface area contributed by atoms with Gasteiger partial charge in [-0.1, -0.05) is 24.3 Å². The summed E-state index contributed by atoms with van der Waals surface area (Å²) in [5, 5.41) is 0. The van der Waals surface area contributed by atoms with Crippen LogP contribution in [0.3, 0.4) is 0 Å². The van der Waals surface area contributed by atoms with E-state index in [-0.39, 0.29) is 17.6 Å². The molecule has 2 saturated heterocycles. The average Bonchev–Trinajstić information content (AvgIpc) is 2.79. The summed E-state index contributed by atoms with van der Waals surface area (Å²) in [6.07, 6.45) is -0.436. The summed E-state index contributed by atoms with van der Waals surface area (Å²) >= 11 is 0. The molecule has 0 radical (unpaired) electrons. The van der Waals surface area contributed by atoms with Gasteiger partial charge in [-0.05, 0) is 51.6 Å². The first kappa shape index (κ1) is 25.2. The normalized spacial score (nSPS) is 22.5. The molecule has 2 fully saturated rings. The van der Waals surface area contributed by atoms with Gasteiger partial charge in [0.15, 0.2) is 0 Å². The molecule has 2 aliphatic rings. The van der Waals surface area contributed by atoms with Gasteiger partial charge in [0.2, 0.25) is 0 Å². The van der Waals surface area contributed by atoms with Crippen LogP contribution in [0.5, 0.6) is 0 Å². The van der Waals surface area contributed by atoms with E-state index in [1.54, 1.807) is 0 Å². The standard InChI is InChI=1S/C25H32F3N3O2/c1-4-21(25(26,27)28)16-22(29-3)10-13-30-14-11-24(12-15-30)18-31(17-19(2)33-24)23(32)20-8-6-5-7-9-20/h4-9,16,19H,3,10-15,17-18H2,1-2H3/b21-4+,22-16-. The lowest BCUT2D eigenvalue weighted by molar-refractivity contribution is -0.161. The zero-order valence-corrected chi connectivity index (χ0v) is 19.3. The maximum atomic E-state index is 13.0. The van der Waals surface area contributed by atoms with Crippen molar-refractivity contribution in [3.8, 4) is 0 Å². The Morgan fingerprint density at radius 3 is 2.52 bits per heavy atom. The van der Waals surface area contributed by atoms with Crippen LogP contribution in [0.15, 0.2) is 58.7 Å². The van der Waals surface area contributed by atoms with E-state index >= 15 is 0 Å². The van der Waals surface area contributed by atoms with Crippen molar-refractivity contribution >= 4 is 12.6 Å². The number of nitrogens with zero attached hydrogens (tertiary/aromatic N) is 3. The SMILES string of the molecule is C=N/C(=C\C(=C/C)C(F)(F)F)CCN1CCC2(CC1)CN(C(=O)c1ccccc1)CC(C)O2. The van der Waals surface area contributed by atoms with E-state index < -0.39 is 11.7 Å². The highest BCUT2D eigenvalue weighted by atomic mass is 19.4. The molecule has 1 spiro atoms. The number of morpholine rings is 1. The predicted octanol–water partition coefficient (Wildman–Crippen LogP) is 4.87. The van der Waals surface area contributed by atoms with Crippen LogP contribution < -0.4 is 0 Å². The molecule has 0 N–H and O–H groups in total. The molecule has 2 aliphatic heterocycles. The fourth-order valence-corrected chi connectivity index (χ4v) is 4.58. The third-order valence-corrected chi connectivity index (χ3v) is 6.33. The highest BCUT2D eigenvalue weighted by Gasteiger charge is 2.43. The Bertz CT molecular complexity index is 888. The minimum Gasteiger partial charge on any atom is -0.368 e. The number of amides is 1. The molecule has 3 rings (SSSR count). The van der Waals surface area contributed by atoms with Crippen molar-refractivity contribution in [3.63, 3.8) is 0 Å². The van der Waals surface area contributed by atoms with Crippen molar-refractivity contribution in [2.45, 2.75) is 51.0 Å². The number of hydrogen-bond acceptors (Lipinski definition) is 4. The van der Waals surface area contributed by atoms with Crippen molar-refractivity contribution in [2.75, 3.05) is 32.7 Å². The summed E-state index contributed by atoms with van der Waals surface area (Å²) in [6.45, 7) is 9.99. The van der Waals surface area contributed by atoms with Crippen LogP contribution in [0.25, 0.3) is 0 Å². The van der Waals surface area contributed by atoms with Crippen LogP contribution in [0.4, 0.5) is 13.2 Å². The largest absolute Gasteiger partial charge is 0.416 e. The topological polar surface area (TPSA) is 45.1 Å². The number of rotatable bonds is 6. The van der Waals surface area contributed by atoms with Crippen LogP contribution in [-0.4, -0.2) is 73.0 Å². The highest BCUT2D eigenvalue weighted by Crippen LogP contribution is 2.33.